The highest BCUT2D eigenvalue weighted by Crippen LogP contribution is 2.35. The Morgan fingerprint density at radius 1 is 1.21 bits per heavy atom. The number of aromatic nitrogens is 3. The van der Waals surface area contributed by atoms with Crippen LogP contribution in [0.1, 0.15) is 16.8 Å². The van der Waals surface area contributed by atoms with E-state index in [9.17, 15) is 39.9 Å². The zero-order chi connectivity index (χ0) is 22.4. The second-order valence-corrected chi connectivity index (χ2v) is 5.99. The molecule has 0 aliphatic heterocycles. The Kier molecular flexibility index (Phi) is 5.51. The minimum atomic E-state index is -5.89. The molecule has 0 bridgehead atoms. The zero-order valence-electron chi connectivity index (χ0n) is 14.7. The number of aryl methyl sites for hydroxylation is 2. The predicted octanol–water partition coefficient (Wildman–Crippen LogP) is 3.14. The maximum Gasteiger partial charge on any atom is 0.455 e. The van der Waals surface area contributed by atoms with Crippen LogP contribution >= 0.6 is 0 Å². The normalized spacial score (nSPS) is 13.8. The molecule has 14 heteroatoms. The van der Waals surface area contributed by atoms with Crippen molar-refractivity contribution in [3.63, 3.8) is 0 Å². The van der Waals surface area contributed by atoms with E-state index in [0.717, 1.165) is 9.20 Å². The Balaban J connectivity index is 2.65. The van der Waals surface area contributed by atoms with Crippen LogP contribution in [0.15, 0.2) is 17.2 Å². The summed E-state index contributed by atoms with van der Waals surface area (Å²) in [4.78, 5) is 16.1. The van der Waals surface area contributed by atoms with Crippen molar-refractivity contribution in [1.29, 1.82) is 5.41 Å². The van der Waals surface area contributed by atoms with Crippen molar-refractivity contribution in [2.45, 2.75) is 25.2 Å². The lowest BCUT2D eigenvalue weighted by molar-refractivity contribution is -0.278. The van der Waals surface area contributed by atoms with Crippen molar-refractivity contribution in [3.8, 4) is 0 Å². The highest BCUT2D eigenvalue weighted by molar-refractivity contribution is 6.08. The van der Waals surface area contributed by atoms with Crippen LogP contribution in [-0.2, 0) is 13.2 Å². The molecule has 6 nitrogen and oxygen atoms in total. The second-order valence-electron chi connectivity index (χ2n) is 5.99. The first kappa shape index (κ1) is 22.4. The lowest BCUT2D eigenvalue weighted by Crippen LogP contribution is -2.44. The summed E-state index contributed by atoms with van der Waals surface area (Å²) in [6, 6.07) is 0. The number of hydrogen-bond donors (Lipinski definition) is 2. The first-order valence-corrected chi connectivity index (χ1v) is 7.67. The van der Waals surface area contributed by atoms with E-state index in [-0.39, 0.29) is 17.4 Å². The molecule has 0 atom stereocenters. The van der Waals surface area contributed by atoms with Gasteiger partial charge in [-0.15, -0.1) is 0 Å². The third-order valence-electron chi connectivity index (χ3n) is 3.82. The fourth-order valence-corrected chi connectivity index (χ4v) is 2.50. The van der Waals surface area contributed by atoms with Gasteiger partial charge in [-0.2, -0.15) is 39.6 Å². The molecule has 0 spiro atoms. The van der Waals surface area contributed by atoms with Crippen molar-refractivity contribution < 1.29 is 35.1 Å². The molecule has 2 aromatic heterocycles. The van der Waals surface area contributed by atoms with E-state index in [2.05, 4.69) is 4.98 Å². The van der Waals surface area contributed by atoms with Gasteiger partial charge < -0.3 is 10.7 Å². The molecule has 2 N–H and O–H groups in total. The number of rotatable bonds is 5. The molecule has 0 saturated carbocycles. The minimum Gasteiger partial charge on any atom is -0.384 e. The van der Waals surface area contributed by atoms with Crippen LogP contribution in [0.25, 0.3) is 11.2 Å². The lowest BCUT2D eigenvalue weighted by atomic mass is 10.1. The number of nitrogens with zero attached hydrogens (tertiary/aromatic N) is 3. The van der Waals surface area contributed by atoms with Gasteiger partial charge in [0.05, 0.1) is 12.1 Å². The van der Waals surface area contributed by atoms with E-state index in [0.29, 0.717) is 6.20 Å². The molecule has 2 rings (SSSR count). The minimum absolute atomic E-state index is 0.217. The lowest BCUT2D eigenvalue weighted by Gasteiger charge is -2.19. The molecule has 0 amide bonds. The Bertz CT molecular complexity index is 1030. The number of allylic oxidation sites excluding steroid dienone is 1. The Morgan fingerprint density at radius 3 is 2.28 bits per heavy atom. The number of hydrogen-bond acceptors (Lipinski definition) is 4. The molecule has 0 aromatic carbocycles. The van der Waals surface area contributed by atoms with Gasteiger partial charge in [-0.1, -0.05) is 0 Å². The maximum absolute atomic E-state index is 13.5. The summed E-state index contributed by atoms with van der Waals surface area (Å²) in [5.74, 6) is -5.18. The summed E-state index contributed by atoms with van der Waals surface area (Å²) < 4.78 is 105. The number of halogens is 8. The Labute approximate surface area is 156 Å². The topological polar surface area (TPSA) is 75.2 Å². The van der Waals surface area contributed by atoms with Crippen LogP contribution in [0.5, 0.6) is 0 Å². The number of fused-ring (bicyclic) bond motifs is 1. The molecular weight excluding hydrogens is 418 g/mol. The highest BCUT2D eigenvalue weighted by Gasteiger charge is 2.57. The first-order chi connectivity index (χ1) is 13.1. The molecule has 160 valence electrons. The molecular formula is C15H13F8N5O. The van der Waals surface area contributed by atoms with E-state index in [1.54, 1.807) is 0 Å². The van der Waals surface area contributed by atoms with E-state index in [1.165, 1.54) is 25.5 Å². The van der Waals surface area contributed by atoms with Crippen molar-refractivity contribution in [1.82, 2.24) is 19.5 Å². The van der Waals surface area contributed by atoms with Gasteiger partial charge in [-0.05, 0) is 6.92 Å². The third kappa shape index (κ3) is 4.10. The van der Waals surface area contributed by atoms with Gasteiger partial charge in [0.15, 0.2) is 11.3 Å². The molecule has 2 heterocycles. The summed E-state index contributed by atoms with van der Waals surface area (Å²) in [6.07, 6.45) is -9.22. The van der Waals surface area contributed by atoms with Gasteiger partial charge >= 0.3 is 18.3 Å². The molecule has 0 unspecified atom stereocenters. The van der Waals surface area contributed by atoms with Crippen LogP contribution in [-0.4, -0.2) is 39.0 Å². The van der Waals surface area contributed by atoms with E-state index >= 15 is 0 Å². The third-order valence-corrected chi connectivity index (χ3v) is 3.82. The van der Waals surface area contributed by atoms with Crippen molar-refractivity contribution in [2.24, 2.45) is 7.05 Å². The smallest absolute Gasteiger partial charge is 0.384 e. The number of nitrogens with one attached hydrogen (secondary N) is 2. The summed E-state index contributed by atoms with van der Waals surface area (Å²) >= 11 is 0. The van der Waals surface area contributed by atoms with Crippen molar-refractivity contribution in [2.75, 3.05) is 6.54 Å². The molecule has 0 saturated heterocycles. The van der Waals surface area contributed by atoms with Crippen LogP contribution in [0.2, 0.25) is 0 Å². The average molecular weight is 431 g/mol. The summed E-state index contributed by atoms with van der Waals surface area (Å²) in [5.41, 5.74) is -5.12. The molecule has 0 fully saturated rings. The first-order valence-electron chi connectivity index (χ1n) is 7.67. The van der Waals surface area contributed by atoms with E-state index < -0.39 is 47.2 Å². The highest BCUT2D eigenvalue weighted by atomic mass is 19.4. The molecule has 2 aromatic rings. The monoisotopic (exact) mass is 431 g/mol. The Morgan fingerprint density at radius 2 is 1.79 bits per heavy atom. The summed E-state index contributed by atoms with van der Waals surface area (Å²) in [5, 5.41) is 8.75. The van der Waals surface area contributed by atoms with Crippen LogP contribution in [0.4, 0.5) is 35.1 Å². The largest absolute Gasteiger partial charge is 0.455 e. The van der Waals surface area contributed by atoms with Gasteiger partial charge in [0.2, 0.25) is 0 Å². The predicted molar refractivity (Wildman–Crippen MR) is 85.9 cm³/mol. The van der Waals surface area contributed by atoms with Gasteiger partial charge in [0, 0.05) is 36.8 Å². The van der Waals surface area contributed by atoms with Gasteiger partial charge in [-0.3, -0.25) is 9.48 Å². The second kappa shape index (κ2) is 7.15. The quantitative estimate of drug-likeness (QED) is 0.564. The average Bonchev–Trinajstić information content (AvgIpc) is 2.84. The summed E-state index contributed by atoms with van der Waals surface area (Å²) in [6.45, 7) is -0.606. The van der Waals surface area contributed by atoms with Crippen molar-refractivity contribution >= 4 is 17.4 Å². The van der Waals surface area contributed by atoms with Gasteiger partial charge in [0.1, 0.15) is 0 Å². The standard InChI is InChI=1S/C15H13F8N5O/c1-7-5-27(2)28-11(7)26-10(14(18,19)20)9(12(28)29)8(3-24)4-25-6-13(16,17)15(21,22)23/h3-5,24-25H,6H2,1-2H3/b8-4+,24-3?. The summed E-state index contributed by atoms with van der Waals surface area (Å²) in [7, 11) is 1.33. The van der Waals surface area contributed by atoms with Crippen LogP contribution in [0, 0.1) is 12.3 Å². The zero-order valence-corrected chi connectivity index (χ0v) is 14.7. The molecule has 29 heavy (non-hydrogen) atoms. The fraction of sp³-hybridized carbons (Fsp3) is 0.400. The van der Waals surface area contributed by atoms with Crippen molar-refractivity contribution in [3.05, 3.63) is 39.6 Å². The maximum atomic E-state index is 13.5. The van der Waals surface area contributed by atoms with Gasteiger partial charge in [0.25, 0.3) is 5.56 Å². The van der Waals surface area contributed by atoms with E-state index in [4.69, 9.17) is 5.41 Å². The van der Waals surface area contributed by atoms with Gasteiger partial charge in [-0.25, -0.2) is 4.98 Å². The molecule has 0 aliphatic rings. The molecule has 0 aliphatic carbocycles. The number of alkyl halides is 8. The van der Waals surface area contributed by atoms with E-state index in [1.807, 2.05) is 0 Å². The van der Waals surface area contributed by atoms with Crippen LogP contribution < -0.4 is 10.9 Å². The fourth-order valence-electron chi connectivity index (χ4n) is 2.50. The Hall–Kier alpha value is -2.93. The molecule has 0 radical (unpaired) electrons. The van der Waals surface area contributed by atoms with Crippen LogP contribution in [0.3, 0.4) is 0 Å². The SMILES string of the molecule is Cc1cn(C)n2c(=O)c(/C(C=N)=C/NCC(F)(F)C(F)(F)F)c(C(F)(F)F)nc12.